The third-order valence-corrected chi connectivity index (χ3v) is 10.4. The number of hydrogen-bond acceptors (Lipinski definition) is 4. The van der Waals surface area contributed by atoms with Gasteiger partial charge >= 0.3 is 11.9 Å². The van der Waals surface area contributed by atoms with Gasteiger partial charge in [-0.25, -0.2) is 0 Å². The van der Waals surface area contributed by atoms with Crippen LogP contribution in [0.4, 0.5) is 0 Å². The van der Waals surface area contributed by atoms with E-state index in [1.807, 2.05) is 0 Å². The Bertz CT molecular complexity index is 869. The van der Waals surface area contributed by atoms with E-state index in [9.17, 15) is 14.4 Å². The van der Waals surface area contributed by atoms with E-state index in [1.54, 1.807) is 0 Å². The zero-order valence-electron chi connectivity index (χ0n) is 35.1. The molecule has 0 aliphatic heterocycles. The zero-order valence-corrected chi connectivity index (χ0v) is 35.1. The van der Waals surface area contributed by atoms with E-state index >= 15 is 0 Å². The van der Waals surface area contributed by atoms with Crippen LogP contribution in [0.15, 0.2) is 24.3 Å². The highest BCUT2D eigenvalue weighted by atomic mass is 16.5. The van der Waals surface area contributed by atoms with Crippen LogP contribution >= 0.6 is 0 Å². The van der Waals surface area contributed by atoms with Crippen molar-refractivity contribution in [2.75, 3.05) is 6.54 Å². The molecule has 0 aromatic rings. The normalized spacial score (nSPS) is 12.2. The Balaban J connectivity index is 4.15. The number of carboxylic acid groups (broad SMARTS) is 1. The van der Waals surface area contributed by atoms with Crippen LogP contribution in [-0.4, -0.2) is 35.6 Å². The van der Waals surface area contributed by atoms with Gasteiger partial charge in [-0.3, -0.25) is 14.4 Å². The van der Waals surface area contributed by atoms with Crippen LogP contribution in [0, 0.1) is 0 Å². The van der Waals surface area contributed by atoms with Crippen LogP contribution in [0.3, 0.4) is 0 Å². The van der Waals surface area contributed by atoms with Crippen molar-refractivity contribution < 1.29 is 24.2 Å². The third-order valence-electron chi connectivity index (χ3n) is 10.4. The summed E-state index contributed by atoms with van der Waals surface area (Å²) in [6.45, 7) is 4.22. The molecule has 1 unspecified atom stereocenters. The molecule has 0 bridgehead atoms. The van der Waals surface area contributed by atoms with E-state index in [-0.39, 0.29) is 24.5 Å². The molecular formula is C47H87NO5. The van der Waals surface area contributed by atoms with Crippen molar-refractivity contribution in [1.82, 2.24) is 5.32 Å². The van der Waals surface area contributed by atoms with Crippen LogP contribution in [0.1, 0.15) is 245 Å². The van der Waals surface area contributed by atoms with Crippen LogP contribution in [-0.2, 0) is 19.1 Å². The van der Waals surface area contributed by atoms with Gasteiger partial charge in [-0.2, -0.15) is 0 Å². The summed E-state index contributed by atoms with van der Waals surface area (Å²) in [6.07, 6.45) is 51.6. The summed E-state index contributed by atoms with van der Waals surface area (Å²) < 4.78 is 6.05. The molecule has 6 nitrogen and oxygen atoms in total. The summed E-state index contributed by atoms with van der Waals surface area (Å²) >= 11 is 0. The van der Waals surface area contributed by atoms with Crippen molar-refractivity contribution in [2.24, 2.45) is 0 Å². The molecule has 53 heavy (non-hydrogen) atoms. The van der Waals surface area contributed by atoms with Gasteiger partial charge in [0.05, 0.1) is 0 Å². The second kappa shape index (κ2) is 42.6. The Morgan fingerprint density at radius 2 is 0.868 bits per heavy atom. The maximum atomic E-state index is 12.8. The molecule has 0 spiro atoms. The third kappa shape index (κ3) is 42.5. The largest absolute Gasteiger partial charge is 0.480 e. The van der Waals surface area contributed by atoms with Crippen LogP contribution in [0.5, 0.6) is 0 Å². The SMILES string of the molecule is CCCCC/C=C\C/C=C\CCCCCCCCCC(=O)OC(CCCCCCCCCCCCCCCC)CCCCCCCC(=O)NCC(=O)O. The fourth-order valence-electron chi connectivity index (χ4n) is 6.96. The highest BCUT2D eigenvalue weighted by Gasteiger charge is 2.14. The Kier molecular flexibility index (Phi) is 40.9. The van der Waals surface area contributed by atoms with E-state index in [4.69, 9.17) is 9.84 Å². The quantitative estimate of drug-likeness (QED) is 0.0369. The topological polar surface area (TPSA) is 92.7 Å². The molecule has 0 aliphatic carbocycles. The molecule has 0 fully saturated rings. The lowest BCUT2D eigenvalue weighted by Gasteiger charge is -2.18. The summed E-state index contributed by atoms with van der Waals surface area (Å²) in [5, 5.41) is 11.1. The minimum atomic E-state index is -1.01. The van der Waals surface area contributed by atoms with Crippen LogP contribution in [0.25, 0.3) is 0 Å². The molecule has 0 rings (SSSR count). The van der Waals surface area contributed by atoms with Gasteiger partial charge < -0.3 is 15.2 Å². The molecule has 0 saturated carbocycles. The minimum absolute atomic E-state index is 0.0182. The molecule has 1 amide bonds. The highest BCUT2D eigenvalue weighted by molar-refractivity contribution is 5.80. The number of nitrogens with one attached hydrogen (secondary N) is 1. The highest BCUT2D eigenvalue weighted by Crippen LogP contribution is 2.19. The molecule has 6 heteroatoms. The first-order chi connectivity index (χ1) is 26.0. The van der Waals surface area contributed by atoms with Gasteiger partial charge in [0, 0.05) is 12.8 Å². The number of unbranched alkanes of at least 4 members (excludes halogenated alkanes) is 27. The Morgan fingerprint density at radius 3 is 1.34 bits per heavy atom. The summed E-state index contributed by atoms with van der Waals surface area (Å²) in [5.74, 6) is -1.22. The number of amides is 1. The number of carbonyl (C=O) groups is 3. The molecule has 0 radical (unpaired) electrons. The Hall–Kier alpha value is -2.11. The van der Waals surface area contributed by atoms with Crippen molar-refractivity contribution >= 4 is 17.8 Å². The molecule has 0 saturated heterocycles. The predicted molar refractivity (Wildman–Crippen MR) is 226 cm³/mol. The standard InChI is InChI=1S/C47H87NO5/c1-3-5-7-9-11-13-15-17-19-20-21-23-25-27-29-34-38-42-47(52)53-44(40-36-32-30-33-37-41-45(49)48-43-46(50)51)39-35-31-28-26-24-22-18-16-14-12-10-8-6-4-2/h11,13,17,19,44H,3-10,12,14-16,18,20-43H2,1-2H3,(H,48,49)(H,50,51)/b13-11-,19-17-. The number of aliphatic carboxylic acids is 1. The van der Waals surface area contributed by atoms with Gasteiger partial charge in [0.1, 0.15) is 12.6 Å². The van der Waals surface area contributed by atoms with Gasteiger partial charge in [-0.05, 0) is 70.6 Å². The summed E-state index contributed by atoms with van der Waals surface area (Å²) in [6, 6.07) is 0. The van der Waals surface area contributed by atoms with Gasteiger partial charge in [0.25, 0.3) is 0 Å². The maximum Gasteiger partial charge on any atom is 0.322 e. The number of hydrogen-bond donors (Lipinski definition) is 2. The van der Waals surface area contributed by atoms with Crippen LogP contribution < -0.4 is 5.32 Å². The lowest BCUT2D eigenvalue weighted by atomic mass is 10.0. The van der Waals surface area contributed by atoms with E-state index in [0.717, 1.165) is 70.6 Å². The molecule has 0 aliphatic rings. The first-order valence-corrected chi connectivity index (χ1v) is 23.0. The van der Waals surface area contributed by atoms with E-state index in [0.29, 0.717) is 12.8 Å². The number of allylic oxidation sites excluding steroid dienone is 4. The van der Waals surface area contributed by atoms with Gasteiger partial charge in [-0.1, -0.05) is 186 Å². The van der Waals surface area contributed by atoms with E-state index < -0.39 is 5.97 Å². The van der Waals surface area contributed by atoms with Crippen molar-refractivity contribution in [2.45, 2.75) is 251 Å². The molecule has 0 aromatic heterocycles. The lowest BCUT2D eigenvalue weighted by molar-refractivity contribution is -0.150. The molecule has 1 atom stereocenters. The molecular weight excluding hydrogens is 659 g/mol. The second-order valence-corrected chi connectivity index (χ2v) is 15.7. The average molecular weight is 746 g/mol. The predicted octanol–water partition coefficient (Wildman–Crippen LogP) is 14.3. The Morgan fingerprint density at radius 1 is 0.491 bits per heavy atom. The minimum Gasteiger partial charge on any atom is -0.480 e. The van der Waals surface area contributed by atoms with Crippen molar-refractivity contribution in [3.05, 3.63) is 24.3 Å². The first kappa shape index (κ1) is 50.9. The summed E-state index contributed by atoms with van der Waals surface area (Å²) in [7, 11) is 0. The lowest BCUT2D eigenvalue weighted by Crippen LogP contribution is -2.28. The number of carbonyl (C=O) groups excluding carboxylic acids is 2. The fourth-order valence-corrected chi connectivity index (χ4v) is 6.96. The van der Waals surface area contributed by atoms with Crippen molar-refractivity contribution in [3.63, 3.8) is 0 Å². The van der Waals surface area contributed by atoms with Gasteiger partial charge in [-0.15, -0.1) is 0 Å². The molecule has 0 heterocycles. The van der Waals surface area contributed by atoms with E-state index in [2.05, 4.69) is 43.5 Å². The van der Waals surface area contributed by atoms with Gasteiger partial charge in [0.2, 0.25) is 5.91 Å². The number of esters is 1. The molecule has 0 aromatic carbocycles. The molecule has 310 valence electrons. The van der Waals surface area contributed by atoms with E-state index in [1.165, 1.54) is 148 Å². The average Bonchev–Trinajstić information content (AvgIpc) is 3.14. The molecule has 2 N–H and O–H groups in total. The maximum absolute atomic E-state index is 12.8. The first-order valence-electron chi connectivity index (χ1n) is 23.0. The number of carboxylic acids is 1. The summed E-state index contributed by atoms with van der Waals surface area (Å²) in [5.41, 5.74) is 0. The number of rotatable bonds is 42. The van der Waals surface area contributed by atoms with Crippen molar-refractivity contribution in [1.29, 1.82) is 0 Å². The Labute approximate surface area is 328 Å². The smallest absolute Gasteiger partial charge is 0.322 e. The summed E-state index contributed by atoms with van der Waals surface area (Å²) in [4.78, 5) is 35.1. The second-order valence-electron chi connectivity index (χ2n) is 15.7. The number of ether oxygens (including phenoxy) is 1. The fraction of sp³-hybridized carbons (Fsp3) is 0.851. The van der Waals surface area contributed by atoms with Gasteiger partial charge in [0.15, 0.2) is 0 Å². The monoisotopic (exact) mass is 746 g/mol. The van der Waals surface area contributed by atoms with Crippen molar-refractivity contribution in [3.8, 4) is 0 Å². The zero-order chi connectivity index (χ0) is 38.7. The van der Waals surface area contributed by atoms with Crippen LogP contribution in [0.2, 0.25) is 0 Å².